The zero-order valence-electron chi connectivity index (χ0n) is 10.4. The number of rotatable bonds is 3. The summed E-state index contributed by atoms with van der Waals surface area (Å²) in [7, 11) is 1.50. The van der Waals surface area contributed by atoms with E-state index in [4.69, 9.17) is 11.6 Å². The van der Waals surface area contributed by atoms with Gasteiger partial charge in [-0.2, -0.15) is 0 Å². The van der Waals surface area contributed by atoms with Crippen LogP contribution in [0.25, 0.3) is 0 Å². The van der Waals surface area contributed by atoms with Crippen molar-refractivity contribution in [1.82, 2.24) is 4.98 Å². The van der Waals surface area contributed by atoms with Crippen molar-refractivity contribution in [1.29, 1.82) is 0 Å². The highest BCUT2D eigenvalue weighted by atomic mass is 35.5. The highest BCUT2D eigenvalue weighted by Crippen LogP contribution is 2.21. The van der Waals surface area contributed by atoms with Gasteiger partial charge < -0.3 is 10.6 Å². The summed E-state index contributed by atoms with van der Waals surface area (Å²) in [5.74, 6) is -2.48. The van der Waals surface area contributed by atoms with Gasteiger partial charge in [0.15, 0.2) is 11.6 Å². The topological polar surface area (TPSA) is 54.0 Å². The van der Waals surface area contributed by atoms with Crippen LogP contribution in [-0.4, -0.2) is 17.9 Å². The second-order valence-electron chi connectivity index (χ2n) is 3.88. The Hall–Kier alpha value is -2.21. The first-order valence-corrected chi connectivity index (χ1v) is 5.98. The highest BCUT2D eigenvalue weighted by Gasteiger charge is 2.16. The Morgan fingerprint density at radius 1 is 1.25 bits per heavy atom. The van der Waals surface area contributed by atoms with Crippen LogP contribution in [0.4, 0.5) is 20.3 Å². The summed E-state index contributed by atoms with van der Waals surface area (Å²) in [4.78, 5) is 15.9. The van der Waals surface area contributed by atoms with Gasteiger partial charge in [-0.15, -0.1) is 0 Å². The van der Waals surface area contributed by atoms with Crippen molar-refractivity contribution < 1.29 is 13.6 Å². The van der Waals surface area contributed by atoms with E-state index >= 15 is 0 Å². The molecule has 0 spiro atoms. The molecule has 2 N–H and O–H groups in total. The van der Waals surface area contributed by atoms with Gasteiger partial charge in [0.2, 0.25) is 0 Å². The lowest BCUT2D eigenvalue weighted by atomic mass is 10.1. The molecule has 2 rings (SSSR count). The first kappa shape index (κ1) is 14.2. The number of pyridine rings is 1. The summed E-state index contributed by atoms with van der Waals surface area (Å²) in [5.41, 5.74) is 0.151. The fraction of sp³-hybridized carbons (Fsp3) is 0.0769. The predicted octanol–water partition coefficient (Wildman–Crippen LogP) is 3.31. The molecule has 4 nitrogen and oxygen atoms in total. The van der Waals surface area contributed by atoms with Crippen LogP contribution in [0.15, 0.2) is 30.5 Å². The maximum Gasteiger partial charge on any atom is 0.259 e. The zero-order valence-corrected chi connectivity index (χ0v) is 11.1. The van der Waals surface area contributed by atoms with Crippen LogP contribution >= 0.6 is 11.6 Å². The molecule has 0 saturated heterocycles. The lowest BCUT2D eigenvalue weighted by Gasteiger charge is -2.10. The van der Waals surface area contributed by atoms with Crippen LogP contribution in [0.3, 0.4) is 0 Å². The zero-order chi connectivity index (χ0) is 14.7. The Kier molecular flexibility index (Phi) is 4.14. The molecule has 0 aliphatic rings. The minimum absolute atomic E-state index is 0.0249. The van der Waals surface area contributed by atoms with E-state index in [0.717, 1.165) is 12.1 Å². The molecule has 1 aromatic carbocycles. The maximum atomic E-state index is 13.2. The van der Waals surface area contributed by atoms with E-state index in [-0.39, 0.29) is 17.1 Å². The van der Waals surface area contributed by atoms with Crippen molar-refractivity contribution in [2.45, 2.75) is 0 Å². The number of carbonyl (C=O) groups is 1. The second-order valence-corrected chi connectivity index (χ2v) is 4.31. The molecule has 0 bridgehead atoms. The Labute approximate surface area is 118 Å². The monoisotopic (exact) mass is 297 g/mol. The molecule has 0 radical (unpaired) electrons. The lowest BCUT2D eigenvalue weighted by molar-refractivity contribution is 0.102. The summed E-state index contributed by atoms with van der Waals surface area (Å²) in [6, 6.07) is 4.79. The van der Waals surface area contributed by atoms with Crippen LogP contribution in [0.2, 0.25) is 5.02 Å². The minimum Gasteiger partial charge on any atom is -0.387 e. The van der Waals surface area contributed by atoms with E-state index in [9.17, 15) is 13.6 Å². The molecule has 0 unspecified atom stereocenters. The Balaban J connectivity index is 2.29. The molecular formula is C13H10ClF2N3O. The second kappa shape index (κ2) is 5.83. The number of anilines is 2. The third-order valence-corrected chi connectivity index (χ3v) is 2.77. The van der Waals surface area contributed by atoms with Crippen LogP contribution in [0, 0.1) is 11.6 Å². The maximum absolute atomic E-state index is 13.2. The molecule has 1 amide bonds. The number of aromatic nitrogens is 1. The van der Waals surface area contributed by atoms with E-state index in [1.807, 2.05) is 0 Å². The smallest absolute Gasteiger partial charge is 0.259 e. The molecule has 0 aliphatic carbocycles. The summed E-state index contributed by atoms with van der Waals surface area (Å²) in [5, 5.41) is 5.52. The SMILES string of the molecule is CNc1cc(F)c(F)cc1C(=O)Nc1ccc(Cl)cn1. The average Bonchev–Trinajstić information content (AvgIpc) is 2.43. The number of hydrogen-bond donors (Lipinski definition) is 2. The van der Waals surface area contributed by atoms with Gasteiger partial charge in [-0.25, -0.2) is 13.8 Å². The first-order valence-electron chi connectivity index (χ1n) is 5.61. The molecule has 7 heteroatoms. The van der Waals surface area contributed by atoms with Gasteiger partial charge >= 0.3 is 0 Å². The van der Waals surface area contributed by atoms with E-state index < -0.39 is 17.5 Å². The Bertz CT molecular complexity index is 647. The molecule has 1 heterocycles. The average molecular weight is 298 g/mol. The van der Waals surface area contributed by atoms with Crippen molar-refractivity contribution in [3.05, 3.63) is 52.7 Å². The Morgan fingerprint density at radius 3 is 2.55 bits per heavy atom. The third-order valence-electron chi connectivity index (χ3n) is 2.54. The summed E-state index contributed by atoms with van der Waals surface area (Å²) in [6.45, 7) is 0. The van der Waals surface area contributed by atoms with Crippen LogP contribution < -0.4 is 10.6 Å². The number of benzene rings is 1. The summed E-state index contributed by atoms with van der Waals surface area (Å²) >= 11 is 5.67. The van der Waals surface area contributed by atoms with Crippen LogP contribution in [0.5, 0.6) is 0 Å². The molecular weight excluding hydrogens is 288 g/mol. The number of amides is 1. The van der Waals surface area contributed by atoms with E-state index in [1.165, 1.54) is 19.3 Å². The van der Waals surface area contributed by atoms with Crippen molar-refractivity contribution >= 4 is 29.0 Å². The third kappa shape index (κ3) is 3.03. The highest BCUT2D eigenvalue weighted by molar-refractivity contribution is 6.30. The molecule has 0 aliphatic heterocycles. The van der Waals surface area contributed by atoms with Gasteiger partial charge in [-0.05, 0) is 18.2 Å². The molecule has 0 fully saturated rings. The normalized spacial score (nSPS) is 10.2. The van der Waals surface area contributed by atoms with Gasteiger partial charge in [0, 0.05) is 25.0 Å². The number of halogens is 3. The number of nitrogens with one attached hydrogen (secondary N) is 2. The lowest BCUT2D eigenvalue weighted by Crippen LogP contribution is -2.15. The molecule has 0 saturated carbocycles. The number of carbonyl (C=O) groups excluding carboxylic acids is 1. The number of nitrogens with zero attached hydrogens (tertiary/aromatic N) is 1. The summed E-state index contributed by atoms with van der Waals surface area (Å²) < 4.78 is 26.3. The van der Waals surface area contributed by atoms with Gasteiger partial charge in [0.25, 0.3) is 5.91 Å². The van der Waals surface area contributed by atoms with Crippen molar-refractivity contribution in [3.63, 3.8) is 0 Å². The Morgan fingerprint density at radius 2 is 1.95 bits per heavy atom. The van der Waals surface area contributed by atoms with E-state index in [1.54, 1.807) is 6.07 Å². The minimum atomic E-state index is -1.10. The summed E-state index contributed by atoms with van der Waals surface area (Å²) in [6.07, 6.45) is 1.36. The van der Waals surface area contributed by atoms with Gasteiger partial charge in [0.05, 0.1) is 10.6 Å². The van der Waals surface area contributed by atoms with Gasteiger partial charge in [0.1, 0.15) is 5.82 Å². The van der Waals surface area contributed by atoms with Gasteiger partial charge in [-0.3, -0.25) is 4.79 Å². The van der Waals surface area contributed by atoms with Crippen molar-refractivity contribution in [2.75, 3.05) is 17.7 Å². The van der Waals surface area contributed by atoms with Crippen molar-refractivity contribution in [2.24, 2.45) is 0 Å². The quantitative estimate of drug-likeness (QED) is 0.914. The first-order chi connectivity index (χ1) is 9.51. The van der Waals surface area contributed by atoms with E-state index in [2.05, 4.69) is 15.6 Å². The molecule has 20 heavy (non-hydrogen) atoms. The molecule has 2 aromatic rings. The van der Waals surface area contributed by atoms with Crippen LogP contribution in [0.1, 0.15) is 10.4 Å². The predicted molar refractivity (Wildman–Crippen MR) is 73.1 cm³/mol. The van der Waals surface area contributed by atoms with Crippen molar-refractivity contribution in [3.8, 4) is 0 Å². The molecule has 1 aromatic heterocycles. The fourth-order valence-corrected chi connectivity index (χ4v) is 1.69. The van der Waals surface area contributed by atoms with Gasteiger partial charge in [-0.1, -0.05) is 11.6 Å². The molecule has 0 atom stereocenters. The van der Waals surface area contributed by atoms with Crippen LogP contribution in [-0.2, 0) is 0 Å². The largest absolute Gasteiger partial charge is 0.387 e. The number of hydrogen-bond acceptors (Lipinski definition) is 3. The fourth-order valence-electron chi connectivity index (χ4n) is 1.57. The molecule has 104 valence electrons. The standard InChI is InChI=1S/C13H10ClF2N3O/c1-17-11-5-10(16)9(15)4-8(11)13(20)19-12-3-2-7(14)6-18-12/h2-6,17H,1H3,(H,18,19,20). The van der Waals surface area contributed by atoms with E-state index in [0.29, 0.717) is 5.02 Å².